The zero-order chi connectivity index (χ0) is 31.1. The second-order valence-electron chi connectivity index (χ2n) is 10.1. The van der Waals surface area contributed by atoms with Crippen LogP contribution in [-0.4, -0.2) is 80.2 Å². The molecule has 2 aromatic heterocycles. The largest absolute Gasteiger partial charge is 0.477 e. The van der Waals surface area contributed by atoms with E-state index < -0.39 is 40.8 Å². The summed E-state index contributed by atoms with van der Waals surface area (Å²) in [7, 11) is 0. The molecule has 16 heteroatoms. The van der Waals surface area contributed by atoms with Gasteiger partial charge in [0.15, 0.2) is 29.8 Å². The molecule has 0 radical (unpaired) electrons. The monoisotopic (exact) mass is 629 g/mol. The maximum absolute atomic E-state index is 13.3. The summed E-state index contributed by atoms with van der Waals surface area (Å²) in [6, 6.07) is 4.46. The van der Waals surface area contributed by atoms with Crippen LogP contribution in [-0.2, 0) is 40.1 Å². The molecular formula is C27H29N6O8S2+. The lowest BCUT2D eigenvalue weighted by molar-refractivity contribution is -0.689. The Hall–Kier alpha value is -4.57. The number of ether oxygens (including phenoxy) is 1. The van der Waals surface area contributed by atoms with Crippen molar-refractivity contribution in [1.29, 1.82) is 0 Å². The fourth-order valence-electron chi connectivity index (χ4n) is 4.10. The standard InChI is InChI=1S/C27H28N6O8S2/c1-27(2,3)41-18(35)8-7-11-40-31-19(17-14-43-26(29-17)28-15-34)22(36)30-20-23(37)33-21(25(38)39)16(13-42-24(20)33)12-32-9-5-4-6-10-32/h4-10,14-15,20,24H,11-13H2,1-3H3,(H2-,28,29,30,34,36,38,39)/p+1/b8-7+,31-19-/t20?,24-/m1/s1. The molecule has 14 nitrogen and oxygen atoms in total. The van der Waals surface area contributed by atoms with Gasteiger partial charge >= 0.3 is 11.9 Å². The Labute approximate surface area is 254 Å². The number of carbonyl (C=O) groups excluding carboxylic acids is 4. The molecule has 0 aromatic carbocycles. The van der Waals surface area contributed by atoms with Gasteiger partial charge in [0.2, 0.25) is 6.41 Å². The van der Waals surface area contributed by atoms with Crippen molar-refractivity contribution in [2.45, 2.75) is 44.3 Å². The lowest BCUT2D eigenvalue weighted by Crippen LogP contribution is -2.71. The number of pyridine rings is 1. The average Bonchev–Trinajstić information content (AvgIpc) is 3.41. The minimum Gasteiger partial charge on any atom is -0.477 e. The molecule has 1 fully saturated rings. The molecule has 4 rings (SSSR count). The zero-order valence-corrected chi connectivity index (χ0v) is 25.0. The number of carboxylic acids is 1. The first kappa shape index (κ1) is 31.4. The Kier molecular flexibility index (Phi) is 9.92. The number of carbonyl (C=O) groups is 5. The number of aliphatic carboxylic acids is 1. The third-order valence-electron chi connectivity index (χ3n) is 5.82. The van der Waals surface area contributed by atoms with Gasteiger partial charge in [0.25, 0.3) is 11.8 Å². The van der Waals surface area contributed by atoms with Crippen LogP contribution in [0.15, 0.2) is 64.6 Å². The van der Waals surface area contributed by atoms with Crippen LogP contribution < -0.4 is 15.2 Å². The molecule has 226 valence electrons. The molecule has 2 aliphatic heterocycles. The SMILES string of the molecule is CC(C)(C)OC(=O)/C=C/CO/N=C(\C(=O)NC1C(=O)N2C(C(=O)O)=C(C[n+]3ccccc3)CS[C@H]12)c1csc(NC=O)n1. The molecule has 1 unspecified atom stereocenters. The molecule has 2 aromatic rings. The number of hydrogen-bond acceptors (Lipinski definition) is 11. The molecule has 1 saturated heterocycles. The number of β-lactam (4-membered cyclic amide) rings is 1. The van der Waals surface area contributed by atoms with Gasteiger partial charge in [-0.15, -0.1) is 23.1 Å². The molecule has 2 atom stereocenters. The average molecular weight is 630 g/mol. The highest BCUT2D eigenvalue weighted by atomic mass is 32.2. The molecular weight excluding hydrogens is 600 g/mol. The molecule has 0 spiro atoms. The summed E-state index contributed by atoms with van der Waals surface area (Å²) in [5.41, 5.74) is -0.429. The summed E-state index contributed by atoms with van der Waals surface area (Å²) in [5.74, 6) is -2.86. The molecule has 2 aliphatic rings. The molecule has 4 heterocycles. The number of thioether (sulfide) groups is 1. The van der Waals surface area contributed by atoms with Crippen LogP contribution in [0.3, 0.4) is 0 Å². The van der Waals surface area contributed by atoms with Crippen LogP contribution in [0.4, 0.5) is 5.13 Å². The van der Waals surface area contributed by atoms with Crippen LogP contribution in [0.5, 0.6) is 0 Å². The number of carboxylic acid groups (broad SMARTS) is 1. The van der Waals surface area contributed by atoms with Gasteiger partial charge in [-0.05, 0) is 26.8 Å². The highest BCUT2D eigenvalue weighted by Gasteiger charge is 2.54. The predicted octanol–water partition coefficient (Wildman–Crippen LogP) is 1.06. The Balaban J connectivity index is 1.48. The van der Waals surface area contributed by atoms with Crippen LogP contribution in [0.2, 0.25) is 0 Å². The van der Waals surface area contributed by atoms with Crippen molar-refractivity contribution in [3.8, 4) is 0 Å². The van der Waals surface area contributed by atoms with Gasteiger partial charge in [-0.3, -0.25) is 19.3 Å². The van der Waals surface area contributed by atoms with E-state index in [0.29, 0.717) is 24.3 Å². The molecule has 0 aliphatic carbocycles. The van der Waals surface area contributed by atoms with Gasteiger partial charge in [0.05, 0.1) is 0 Å². The zero-order valence-electron chi connectivity index (χ0n) is 23.4. The van der Waals surface area contributed by atoms with E-state index in [-0.39, 0.29) is 28.8 Å². The van der Waals surface area contributed by atoms with E-state index in [9.17, 15) is 29.1 Å². The third kappa shape index (κ3) is 7.84. The van der Waals surface area contributed by atoms with Gasteiger partial charge in [-0.25, -0.2) is 19.1 Å². The number of thiazole rings is 1. The maximum Gasteiger partial charge on any atom is 0.352 e. The lowest BCUT2D eigenvalue weighted by atomic mass is 10.0. The highest BCUT2D eigenvalue weighted by molar-refractivity contribution is 8.00. The van der Waals surface area contributed by atoms with E-state index in [1.165, 1.54) is 28.1 Å². The second kappa shape index (κ2) is 13.6. The number of aromatic nitrogens is 2. The first-order valence-electron chi connectivity index (χ1n) is 12.9. The summed E-state index contributed by atoms with van der Waals surface area (Å²) >= 11 is 2.37. The van der Waals surface area contributed by atoms with Crippen molar-refractivity contribution in [3.63, 3.8) is 0 Å². The van der Waals surface area contributed by atoms with E-state index in [4.69, 9.17) is 9.57 Å². The predicted molar refractivity (Wildman–Crippen MR) is 156 cm³/mol. The van der Waals surface area contributed by atoms with Crippen LogP contribution in [0, 0.1) is 0 Å². The Bertz CT molecular complexity index is 1500. The minimum absolute atomic E-state index is 0.0659. The van der Waals surface area contributed by atoms with E-state index in [2.05, 4.69) is 20.8 Å². The third-order valence-corrected chi connectivity index (χ3v) is 7.93. The van der Waals surface area contributed by atoms with E-state index in [1.54, 1.807) is 33.2 Å². The number of nitrogens with one attached hydrogen (secondary N) is 2. The Morgan fingerprint density at radius 2 is 2.00 bits per heavy atom. The summed E-state index contributed by atoms with van der Waals surface area (Å²) in [6.07, 6.45) is 6.54. The van der Waals surface area contributed by atoms with Gasteiger partial charge in [-0.1, -0.05) is 11.2 Å². The number of anilines is 1. The quantitative estimate of drug-likeness (QED) is 0.0449. The number of hydrogen-bond donors (Lipinski definition) is 3. The van der Waals surface area contributed by atoms with E-state index in [0.717, 1.165) is 17.4 Å². The Morgan fingerprint density at radius 1 is 1.26 bits per heavy atom. The van der Waals surface area contributed by atoms with Crippen molar-refractivity contribution in [3.05, 3.63) is 65.1 Å². The molecule has 0 bridgehead atoms. The minimum atomic E-state index is -1.23. The number of nitrogens with zero attached hydrogens (tertiary/aromatic N) is 4. The van der Waals surface area contributed by atoms with Gasteiger partial charge < -0.3 is 25.3 Å². The molecule has 3 amide bonds. The van der Waals surface area contributed by atoms with Crippen molar-refractivity contribution >= 4 is 64.1 Å². The molecule has 3 N–H and O–H groups in total. The fourth-order valence-corrected chi connectivity index (χ4v) is 6.09. The Morgan fingerprint density at radius 3 is 2.67 bits per heavy atom. The fraction of sp³-hybridized carbons (Fsp3) is 0.333. The number of esters is 1. The van der Waals surface area contributed by atoms with Crippen molar-refractivity contribution in [1.82, 2.24) is 15.2 Å². The summed E-state index contributed by atoms with van der Waals surface area (Å²) in [4.78, 5) is 71.9. The number of fused-ring (bicyclic) bond motifs is 1. The summed E-state index contributed by atoms with van der Waals surface area (Å²) in [6.45, 7) is 5.28. The number of rotatable bonds is 12. The topological polar surface area (TPSA) is 180 Å². The van der Waals surface area contributed by atoms with Gasteiger partial charge in [0, 0.05) is 34.9 Å². The summed E-state index contributed by atoms with van der Waals surface area (Å²) < 4.78 is 6.98. The van der Waals surface area contributed by atoms with E-state index in [1.807, 2.05) is 22.8 Å². The first-order valence-corrected chi connectivity index (χ1v) is 14.8. The lowest BCUT2D eigenvalue weighted by Gasteiger charge is -2.49. The summed E-state index contributed by atoms with van der Waals surface area (Å²) in [5, 5.41) is 19.8. The van der Waals surface area contributed by atoms with E-state index >= 15 is 0 Å². The van der Waals surface area contributed by atoms with Crippen molar-refractivity contribution in [2.24, 2.45) is 5.16 Å². The molecule has 43 heavy (non-hydrogen) atoms. The van der Waals surface area contributed by atoms with Gasteiger partial charge in [0.1, 0.15) is 35.0 Å². The van der Waals surface area contributed by atoms with Crippen LogP contribution in [0.25, 0.3) is 0 Å². The first-order chi connectivity index (χ1) is 20.5. The normalized spacial score (nSPS) is 18.5. The number of amides is 3. The smallest absolute Gasteiger partial charge is 0.352 e. The van der Waals surface area contributed by atoms with Gasteiger partial charge in [-0.2, -0.15) is 0 Å². The van der Waals surface area contributed by atoms with Crippen LogP contribution >= 0.6 is 23.1 Å². The number of oxime groups is 1. The highest BCUT2D eigenvalue weighted by Crippen LogP contribution is 2.40. The van der Waals surface area contributed by atoms with Crippen molar-refractivity contribution in [2.75, 3.05) is 17.7 Å². The van der Waals surface area contributed by atoms with Crippen molar-refractivity contribution < 1.29 is 43.2 Å². The second-order valence-corrected chi connectivity index (χ2v) is 12.1. The van der Waals surface area contributed by atoms with Crippen LogP contribution in [0.1, 0.15) is 26.5 Å². The molecule has 0 saturated carbocycles. The maximum atomic E-state index is 13.3.